The van der Waals surface area contributed by atoms with Crippen molar-refractivity contribution >= 4 is 13.7 Å². The highest BCUT2D eigenvalue weighted by molar-refractivity contribution is 7.47. The van der Waals surface area contributed by atoms with E-state index in [-0.39, 0.29) is 19.1 Å². The molecule has 0 spiro atoms. The number of carbonyl (C=O) groups excluding carboxylic acids is 1. The third-order valence-corrected chi connectivity index (χ3v) is 15.9. The molecule has 0 aliphatic heterocycles. The summed E-state index contributed by atoms with van der Waals surface area (Å²) in [5, 5.41) is 14.0. The Labute approximate surface area is 514 Å². The minimum atomic E-state index is -4.37. The van der Waals surface area contributed by atoms with Crippen LogP contribution in [0.15, 0.2) is 122 Å². The summed E-state index contributed by atoms with van der Waals surface area (Å²) in [6.07, 6.45) is 94.9. The number of aliphatic hydroxyl groups excluding tert-OH is 1. The van der Waals surface area contributed by atoms with Crippen LogP contribution in [0.5, 0.6) is 0 Å². The maximum absolute atomic E-state index is 13.0. The summed E-state index contributed by atoms with van der Waals surface area (Å²) >= 11 is 0. The normalized spacial score (nSPS) is 14.4. The van der Waals surface area contributed by atoms with Crippen molar-refractivity contribution in [2.24, 2.45) is 0 Å². The lowest BCUT2D eigenvalue weighted by Gasteiger charge is -2.25. The second-order valence-electron chi connectivity index (χ2n) is 24.2. The summed E-state index contributed by atoms with van der Waals surface area (Å²) in [5.74, 6) is -0.191. The van der Waals surface area contributed by atoms with Gasteiger partial charge in [-0.05, 0) is 103 Å². The number of likely N-dealkylation sites (N-methyl/N-ethyl adjacent to an activating group) is 1. The molecule has 0 aromatic heterocycles. The molecule has 478 valence electrons. The van der Waals surface area contributed by atoms with Crippen LogP contribution in [0.1, 0.15) is 290 Å². The number of nitrogens with one attached hydrogen (secondary N) is 1. The van der Waals surface area contributed by atoms with Crippen molar-refractivity contribution in [1.29, 1.82) is 0 Å². The first-order chi connectivity index (χ1) is 40.5. The van der Waals surface area contributed by atoms with E-state index in [0.29, 0.717) is 17.4 Å². The van der Waals surface area contributed by atoms with Gasteiger partial charge in [-0.3, -0.25) is 13.8 Å². The van der Waals surface area contributed by atoms with Gasteiger partial charge in [0.25, 0.3) is 0 Å². The Balaban J connectivity index is 4.09. The summed E-state index contributed by atoms with van der Waals surface area (Å²) in [6, 6.07) is -0.877. The monoisotopic (exact) mass is 1180 g/mol. The molecule has 83 heavy (non-hydrogen) atoms. The molecule has 0 radical (unpaired) electrons. The number of carbonyl (C=O) groups is 1. The number of allylic oxidation sites excluding steroid dienone is 19. The molecular formula is C74H132N2O6P+. The number of quaternary nitrogens is 1. The molecule has 0 rings (SSSR count). The molecule has 3 atom stereocenters. The zero-order valence-electron chi connectivity index (χ0n) is 54.7. The van der Waals surface area contributed by atoms with Gasteiger partial charge in [-0.15, -0.1) is 0 Å². The van der Waals surface area contributed by atoms with Gasteiger partial charge in [-0.25, -0.2) is 4.57 Å². The number of phosphoric acid groups is 1. The lowest BCUT2D eigenvalue weighted by Crippen LogP contribution is -2.45. The van der Waals surface area contributed by atoms with E-state index in [4.69, 9.17) is 9.05 Å². The zero-order valence-corrected chi connectivity index (χ0v) is 55.5. The van der Waals surface area contributed by atoms with Crippen molar-refractivity contribution in [1.82, 2.24) is 5.32 Å². The fraction of sp³-hybridized carbons (Fsp3) is 0.716. The van der Waals surface area contributed by atoms with Crippen molar-refractivity contribution in [3.05, 3.63) is 122 Å². The van der Waals surface area contributed by atoms with Crippen LogP contribution in [0.4, 0.5) is 0 Å². The maximum atomic E-state index is 13.0. The lowest BCUT2D eigenvalue weighted by molar-refractivity contribution is -0.870. The van der Waals surface area contributed by atoms with E-state index in [2.05, 4.69) is 129 Å². The van der Waals surface area contributed by atoms with Gasteiger partial charge in [0.2, 0.25) is 5.91 Å². The first-order valence-corrected chi connectivity index (χ1v) is 35.9. The first kappa shape index (κ1) is 79.9. The van der Waals surface area contributed by atoms with Crippen molar-refractivity contribution in [2.75, 3.05) is 40.9 Å². The molecule has 0 aromatic carbocycles. The van der Waals surface area contributed by atoms with Gasteiger partial charge >= 0.3 is 7.82 Å². The summed E-state index contributed by atoms with van der Waals surface area (Å²) in [5.41, 5.74) is 0. The maximum Gasteiger partial charge on any atom is 0.472 e. The quantitative estimate of drug-likeness (QED) is 0.0243. The largest absolute Gasteiger partial charge is 0.472 e. The fourth-order valence-electron chi connectivity index (χ4n) is 9.59. The topological polar surface area (TPSA) is 105 Å². The molecule has 0 aliphatic rings. The Morgan fingerprint density at radius 2 is 0.735 bits per heavy atom. The summed E-state index contributed by atoms with van der Waals surface area (Å²) in [4.78, 5) is 23.4. The van der Waals surface area contributed by atoms with Gasteiger partial charge in [0, 0.05) is 6.42 Å². The Kier molecular flexibility index (Phi) is 61.0. The average molecular weight is 1180 g/mol. The van der Waals surface area contributed by atoms with Crippen LogP contribution in [-0.4, -0.2) is 73.4 Å². The highest BCUT2D eigenvalue weighted by atomic mass is 31.2. The standard InChI is InChI=1S/C74H131N2O6P/c1-6-8-10-12-14-16-18-20-22-24-26-28-30-31-32-33-34-35-36-37-38-39-40-41-42-43-44-45-46-48-50-52-54-56-58-60-62-64-66-68-74(78)75-72(71-82-83(79,80)81-70-69-76(3,4)5)73(77)67-65-63-61-59-57-55-53-51-49-47-29-27-25-23-21-19-17-15-13-11-9-7-2/h8,10,14,16,20,22,26,28,31-32,34-35,37-38,49,51,57,59,65,67,72-73,77H,6-7,9,11-13,15,17-19,21,23-25,27,29-30,33,36,39-48,50,52-56,58,60-64,66,68-71H2,1-5H3,(H-,75,78,79,80)/p+1/b10-8-,16-14-,22-20-,28-26-,32-31-,35-34-,38-37-,51-49+,59-57+,67-65+. The smallest absolute Gasteiger partial charge is 0.387 e. The summed E-state index contributed by atoms with van der Waals surface area (Å²) in [6.45, 7) is 4.69. The van der Waals surface area contributed by atoms with E-state index >= 15 is 0 Å². The van der Waals surface area contributed by atoms with Crippen LogP contribution in [0, 0.1) is 0 Å². The highest BCUT2D eigenvalue weighted by Gasteiger charge is 2.28. The molecule has 0 heterocycles. The predicted octanol–water partition coefficient (Wildman–Crippen LogP) is 22.0. The van der Waals surface area contributed by atoms with Crippen LogP contribution in [0.3, 0.4) is 0 Å². The number of hydrogen-bond donors (Lipinski definition) is 3. The van der Waals surface area contributed by atoms with Crippen LogP contribution in [0.2, 0.25) is 0 Å². The predicted molar refractivity (Wildman–Crippen MR) is 364 cm³/mol. The van der Waals surface area contributed by atoms with Gasteiger partial charge in [-0.1, -0.05) is 302 Å². The second kappa shape index (κ2) is 63.4. The van der Waals surface area contributed by atoms with Crippen molar-refractivity contribution < 1.29 is 32.9 Å². The van der Waals surface area contributed by atoms with Gasteiger partial charge < -0.3 is 19.8 Å². The molecule has 0 fully saturated rings. The number of phosphoric ester groups is 1. The lowest BCUT2D eigenvalue weighted by atomic mass is 10.0. The Bertz CT molecular complexity index is 1770. The molecule has 0 aromatic rings. The van der Waals surface area contributed by atoms with Crippen LogP contribution in [-0.2, 0) is 18.4 Å². The Morgan fingerprint density at radius 3 is 1.11 bits per heavy atom. The third kappa shape index (κ3) is 66.3. The summed E-state index contributed by atoms with van der Waals surface area (Å²) < 4.78 is 23.8. The van der Waals surface area contributed by atoms with Crippen LogP contribution >= 0.6 is 7.82 Å². The van der Waals surface area contributed by atoms with Crippen molar-refractivity contribution in [3.8, 4) is 0 Å². The molecule has 0 saturated carbocycles. The molecule has 0 saturated heterocycles. The number of rotatable bonds is 62. The molecule has 1 amide bonds. The number of aliphatic hydroxyl groups is 1. The van der Waals surface area contributed by atoms with Crippen molar-refractivity contribution in [3.63, 3.8) is 0 Å². The van der Waals surface area contributed by atoms with E-state index < -0.39 is 20.0 Å². The highest BCUT2D eigenvalue weighted by Crippen LogP contribution is 2.43. The van der Waals surface area contributed by atoms with Crippen LogP contribution < -0.4 is 5.32 Å². The van der Waals surface area contributed by atoms with E-state index in [1.165, 1.54) is 180 Å². The molecular weight excluding hydrogens is 1040 g/mol. The van der Waals surface area contributed by atoms with Gasteiger partial charge in [-0.2, -0.15) is 0 Å². The number of unbranched alkanes of at least 4 members (excludes halogenated alkanes) is 31. The molecule has 9 heteroatoms. The second-order valence-corrected chi connectivity index (χ2v) is 25.6. The number of nitrogens with zero attached hydrogens (tertiary/aromatic N) is 1. The van der Waals surface area contributed by atoms with Crippen LogP contribution in [0.25, 0.3) is 0 Å². The SMILES string of the molecule is CC/C=C\C/C=C\C/C=C\C/C=C\C/C=C\C/C=C\C/C=C\CCCCCCCCCCCCCCCCCCCC(=O)NC(COP(=O)(O)OCC[N+](C)(C)C)C(O)/C=C/CC/C=C/CC/C=C/CCCCCCCCCCCCCC. The molecule has 0 bridgehead atoms. The van der Waals surface area contributed by atoms with E-state index in [0.717, 1.165) is 89.9 Å². The van der Waals surface area contributed by atoms with Gasteiger partial charge in [0.15, 0.2) is 0 Å². The molecule has 3 N–H and O–H groups in total. The fourth-order valence-corrected chi connectivity index (χ4v) is 10.3. The molecule has 0 aliphatic carbocycles. The van der Waals surface area contributed by atoms with E-state index in [1.54, 1.807) is 6.08 Å². The average Bonchev–Trinajstić information content (AvgIpc) is 3.50. The Morgan fingerprint density at radius 1 is 0.422 bits per heavy atom. The number of amides is 1. The van der Waals surface area contributed by atoms with E-state index in [9.17, 15) is 19.4 Å². The number of hydrogen-bond acceptors (Lipinski definition) is 5. The molecule has 8 nitrogen and oxygen atoms in total. The summed E-state index contributed by atoms with van der Waals surface area (Å²) in [7, 11) is 1.54. The van der Waals surface area contributed by atoms with Gasteiger partial charge in [0.1, 0.15) is 13.2 Å². The zero-order chi connectivity index (χ0) is 60.5. The minimum absolute atomic E-state index is 0.0500. The third-order valence-electron chi connectivity index (χ3n) is 14.9. The molecule has 3 unspecified atom stereocenters. The minimum Gasteiger partial charge on any atom is -0.387 e. The van der Waals surface area contributed by atoms with Crippen molar-refractivity contribution in [2.45, 2.75) is 302 Å². The first-order valence-electron chi connectivity index (χ1n) is 34.4. The van der Waals surface area contributed by atoms with E-state index in [1.807, 2.05) is 27.2 Å². The van der Waals surface area contributed by atoms with Gasteiger partial charge in [0.05, 0.1) is 39.9 Å². The Hall–Kier alpha value is -3.10.